The van der Waals surface area contributed by atoms with Crippen molar-refractivity contribution >= 4 is 0 Å². The van der Waals surface area contributed by atoms with Gasteiger partial charge in [-0.05, 0) is 86.1 Å². The molecule has 2 heterocycles. The number of likely N-dealkylation sites (tertiary alicyclic amines) is 1. The first kappa shape index (κ1) is 26.9. The first-order chi connectivity index (χ1) is 11.1. The van der Waals surface area contributed by atoms with E-state index in [0.717, 1.165) is 12.8 Å². The molecule has 2 fully saturated rings. The Labute approximate surface area is 171 Å². The van der Waals surface area contributed by atoms with Crippen LogP contribution in [0.5, 0.6) is 0 Å². The van der Waals surface area contributed by atoms with Crippen molar-refractivity contribution in [1.29, 1.82) is 0 Å². The van der Waals surface area contributed by atoms with Crippen molar-refractivity contribution < 1.29 is 10.3 Å². The predicted octanol–water partition coefficient (Wildman–Crippen LogP) is 5.57. The number of quaternary nitrogens is 1. The fourth-order valence-electron chi connectivity index (χ4n) is 7.00. The maximum Gasteiger partial charge on any atom is 0.122 e. The summed E-state index contributed by atoms with van der Waals surface area (Å²) in [6, 6.07) is 0. The molecular formula is C24H53N2O+. The Balaban J connectivity index is 0.000000483. The lowest BCUT2D eigenvalue weighted by Gasteiger charge is -2.56. The number of nitrogens with one attached hydrogen (secondary N) is 1. The molecule has 2 saturated heterocycles. The van der Waals surface area contributed by atoms with E-state index in [1.54, 1.807) is 0 Å². The number of nitrogens with zero attached hydrogens (tertiary/aromatic N) is 1. The highest BCUT2D eigenvalue weighted by Crippen LogP contribution is 2.46. The number of hydroxylamine groups is 2. The number of rotatable bonds is 0. The number of piperidine rings is 2. The molecule has 2 rings (SSSR count). The third kappa shape index (κ3) is 6.44. The lowest BCUT2D eigenvalue weighted by atomic mass is 9.66. The van der Waals surface area contributed by atoms with Crippen molar-refractivity contribution in [3.05, 3.63) is 0 Å². The maximum atomic E-state index is 10.1. The van der Waals surface area contributed by atoms with Crippen LogP contribution in [0.2, 0.25) is 0 Å². The molecule has 2 aliphatic rings. The zero-order valence-corrected chi connectivity index (χ0v) is 20.2. The summed E-state index contributed by atoms with van der Waals surface area (Å²) >= 11 is 0. The van der Waals surface area contributed by atoms with Gasteiger partial charge < -0.3 is 0 Å². The van der Waals surface area contributed by atoms with Gasteiger partial charge in [-0.2, -0.15) is 5.06 Å². The van der Waals surface area contributed by atoms with Crippen molar-refractivity contribution in [2.45, 2.75) is 138 Å². The Bertz CT molecular complexity index is 415. The Kier molecular flexibility index (Phi) is 7.58. The minimum Gasteiger partial charge on any atom is -0.296 e. The van der Waals surface area contributed by atoms with Gasteiger partial charge in [0.25, 0.3) is 0 Å². The van der Waals surface area contributed by atoms with E-state index in [4.69, 9.17) is 0 Å². The summed E-state index contributed by atoms with van der Waals surface area (Å²) in [5.41, 5.74) is 1.46. The zero-order chi connectivity index (χ0) is 21.0. The molecule has 0 amide bonds. The average molecular weight is 386 g/mol. The molecule has 0 unspecified atom stereocenters. The second kappa shape index (κ2) is 7.61. The monoisotopic (exact) mass is 385 g/mol. The highest BCUT2D eigenvalue weighted by molar-refractivity contribution is 5.01. The van der Waals surface area contributed by atoms with Gasteiger partial charge in [-0.15, -0.1) is 0 Å². The van der Waals surface area contributed by atoms with Crippen LogP contribution in [0, 0.1) is 10.8 Å². The van der Waals surface area contributed by atoms with Crippen molar-refractivity contribution in [2.24, 2.45) is 10.8 Å². The molecule has 0 aromatic carbocycles. The molecule has 0 bridgehead atoms. The van der Waals surface area contributed by atoms with E-state index in [1.807, 2.05) is 0 Å². The molecule has 0 radical (unpaired) electrons. The van der Waals surface area contributed by atoms with Crippen LogP contribution < -0.4 is 5.06 Å². The van der Waals surface area contributed by atoms with Gasteiger partial charge in [0.1, 0.15) is 11.1 Å². The van der Waals surface area contributed by atoms with Crippen molar-refractivity contribution in [2.75, 3.05) is 7.05 Å². The first-order valence-electron chi connectivity index (χ1n) is 10.4. The van der Waals surface area contributed by atoms with E-state index in [1.165, 1.54) is 12.8 Å². The van der Waals surface area contributed by atoms with Crippen molar-refractivity contribution in [3.8, 4) is 0 Å². The molecule has 3 nitrogen and oxygen atoms in total. The molecule has 0 aromatic rings. The summed E-state index contributed by atoms with van der Waals surface area (Å²) in [6.45, 7) is 27.4. The number of hydrogen-bond acceptors (Lipinski definition) is 2. The first-order valence-corrected chi connectivity index (χ1v) is 10.4. The van der Waals surface area contributed by atoms with Crippen LogP contribution >= 0.6 is 0 Å². The average Bonchev–Trinajstić information content (AvgIpc) is 2.29. The zero-order valence-electron chi connectivity index (χ0n) is 20.2. The van der Waals surface area contributed by atoms with Crippen LogP contribution in [0.25, 0.3) is 0 Å². The molecule has 0 aliphatic carbocycles. The quantitative estimate of drug-likeness (QED) is 0.570. The van der Waals surface area contributed by atoms with Crippen LogP contribution in [0.1, 0.15) is 116 Å². The molecule has 2 N–H and O–H groups in total. The second-order valence-corrected chi connectivity index (χ2v) is 13.3. The molecule has 3 heteroatoms. The van der Waals surface area contributed by atoms with Gasteiger partial charge in [-0.1, -0.05) is 35.1 Å². The predicted molar refractivity (Wildman–Crippen MR) is 120 cm³/mol. The summed E-state index contributed by atoms with van der Waals surface area (Å²) < 4.78 is 0. The standard InChI is InChI=1S/C12H25N.C11H23NO.CH4/c1-10(2)8-11(3,4)13(7)12(5,6)9-10;1-9(2)7-10(3,4)12(13)11(5,6)8-9;/h8-9H2,1-7H3;13H,7-8H2,1-6H3;1H4/p+1. The van der Waals surface area contributed by atoms with E-state index in [2.05, 4.69) is 95.0 Å². The van der Waals surface area contributed by atoms with Gasteiger partial charge in [0.05, 0.1) is 0 Å². The lowest BCUT2D eigenvalue weighted by molar-refractivity contribution is -1.16. The summed E-state index contributed by atoms with van der Waals surface area (Å²) in [5.74, 6) is 0. The van der Waals surface area contributed by atoms with E-state index in [0.29, 0.717) is 27.0 Å². The fraction of sp³-hybridized carbons (Fsp3) is 1.00. The van der Waals surface area contributed by atoms with E-state index < -0.39 is 0 Å². The fourth-order valence-corrected chi connectivity index (χ4v) is 7.00. The van der Waals surface area contributed by atoms with Gasteiger partial charge in [-0.3, -0.25) is 4.90 Å². The number of hydrogen-bond donors (Lipinski definition) is 2. The van der Waals surface area contributed by atoms with Crippen LogP contribution in [-0.2, 0) is 0 Å². The Morgan fingerprint density at radius 1 is 0.593 bits per heavy atom. The molecule has 0 aromatic heterocycles. The van der Waals surface area contributed by atoms with Crippen LogP contribution in [0.15, 0.2) is 0 Å². The Hall–Kier alpha value is -0.120. The summed E-state index contributed by atoms with van der Waals surface area (Å²) in [6.07, 6.45) is 4.74. The normalized spacial score (nSPS) is 30.4. The highest BCUT2D eigenvalue weighted by Gasteiger charge is 2.52. The minimum atomic E-state index is -0.0226. The van der Waals surface area contributed by atoms with E-state index in [9.17, 15) is 5.21 Å². The van der Waals surface area contributed by atoms with Gasteiger partial charge in [0, 0.05) is 23.9 Å². The molecule has 0 atom stereocenters. The van der Waals surface area contributed by atoms with Gasteiger partial charge in [-0.25, -0.2) is 5.21 Å². The Morgan fingerprint density at radius 2 is 0.852 bits per heavy atom. The third-order valence-corrected chi connectivity index (χ3v) is 6.76. The third-order valence-electron chi connectivity index (χ3n) is 6.76. The van der Waals surface area contributed by atoms with Crippen LogP contribution in [0.4, 0.5) is 0 Å². The summed E-state index contributed by atoms with van der Waals surface area (Å²) in [7, 11) is 2.26. The minimum absolute atomic E-state index is 0. The summed E-state index contributed by atoms with van der Waals surface area (Å²) in [5, 5.41) is 10.8. The van der Waals surface area contributed by atoms with Crippen LogP contribution in [0.3, 0.4) is 0 Å². The SMILES string of the molecule is C.CC1(C)CC(C)(C)[NH+](O)C(C)(C)C1.CN1C(C)(C)CC(C)(C)CC1(C)C. The molecule has 2 aliphatic heterocycles. The lowest BCUT2D eigenvalue weighted by Crippen LogP contribution is -3.25. The largest absolute Gasteiger partial charge is 0.296 e. The van der Waals surface area contributed by atoms with E-state index >= 15 is 0 Å². The molecular weight excluding hydrogens is 332 g/mol. The smallest absolute Gasteiger partial charge is 0.122 e. The molecule has 27 heavy (non-hydrogen) atoms. The van der Waals surface area contributed by atoms with Crippen molar-refractivity contribution in [3.63, 3.8) is 0 Å². The van der Waals surface area contributed by atoms with Gasteiger partial charge >= 0.3 is 0 Å². The van der Waals surface area contributed by atoms with Crippen molar-refractivity contribution in [1.82, 2.24) is 4.90 Å². The van der Waals surface area contributed by atoms with Gasteiger partial charge in [0.2, 0.25) is 0 Å². The topological polar surface area (TPSA) is 27.9 Å². The van der Waals surface area contributed by atoms with Crippen LogP contribution in [-0.4, -0.2) is 39.3 Å². The van der Waals surface area contributed by atoms with Gasteiger partial charge in [0.15, 0.2) is 0 Å². The highest BCUT2D eigenvalue weighted by atomic mass is 16.5. The molecule has 0 saturated carbocycles. The molecule has 164 valence electrons. The van der Waals surface area contributed by atoms with E-state index in [-0.39, 0.29) is 18.5 Å². The maximum absolute atomic E-state index is 10.1. The molecule has 0 spiro atoms. The Morgan fingerprint density at radius 3 is 1.15 bits per heavy atom. The second-order valence-electron chi connectivity index (χ2n) is 13.3. The summed E-state index contributed by atoms with van der Waals surface area (Å²) in [4.78, 5) is 2.53.